The highest BCUT2D eigenvalue weighted by Crippen LogP contribution is 2.34. The van der Waals surface area contributed by atoms with E-state index < -0.39 is 0 Å². The molecule has 7 nitrogen and oxygen atoms in total. The number of aromatic nitrogens is 5. The van der Waals surface area contributed by atoms with Crippen molar-refractivity contribution < 1.29 is 0 Å². The third-order valence-corrected chi connectivity index (χ3v) is 5.54. The van der Waals surface area contributed by atoms with Crippen LogP contribution in [-0.4, -0.2) is 44.3 Å². The maximum atomic E-state index is 4.82. The summed E-state index contributed by atoms with van der Waals surface area (Å²) in [5.41, 5.74) is 3.84. The summed E-state index contributed by atoms with van der Waals surface area (Å²) in [4.78, 5) is 18.7. The molecule has 1 saturated heterocycles. The normalized spacial score (nSPS) is 20.4. The van der Waals surface area contributed by atoms with Crippen LogP contribution in [-0.2, 0) is 6.42 Å². The Morgan fingerprint density at radius 3 is 3.04 bits per heavy atom. The Kier molecular flexibility index (Phi) is 3.72. The van der Waals surface area contributed by atoms with Gasteiger partial charge >= 0.3 is 0 Å². The standard InChI is InChI=1S/C19H23N7/c1-13-6-2-3-10-25(13)16-12-21-17-18(22-16)23-24-19(17)26-11-5-7-14-15(26)8-4-9-20-14/h4,8-9,12-13H,2-3,5-7,10-11H2,1H3,(H,22,23,24). The van der Waals surface area contributed by atoms with E-state index in [0.29, 0.717) is 6.04 Å². The third kappa shape index (κ3) is 2.50. The second kappa shape index (κ2) is 6.23. The van der Waals surface area contributed by atoms with Crippen molar-refractivity contribution in [3.63, 3.8) is 0 Å². The number of nitrogens with one attached hydrogen (secondary N) is 1. The number of pyridine rings is 1. The average Bonchev–Trinajstić information content (AvgIpc) is 3.11. The highest BCUT2D eigenvalue weighted by Gasteiger charge is 2.25. The van der Waals surface area contributed by atoms with Crippen LogP contribution < -0.4 is 9.80 Å². The lowest BCUT2D eigenvalue weighted by Crippen LogP contribution is -2.38. The number of H-pyrrole nitrogens is 1. The van der Waals surface area contributed by atoms with Gasteiger partial charge in [0.2, 0.25) is 0 Å². The van der Waals surface area contributed by atoms with Crippen molar-refractivity contribution in [1.29, 1.82) is 0 Å². The number of piperidine rings is 1. The minimum absolute atomic E-state index is 0.512. The lowest BCUT2D eigenvalue weighted by Gasteiger charge is -2.34. The van der Waals surface area contributed by atoms with E-state index in [9.17, 15) is 0 Å². The molecule has 2 aliphatic rings. The summed E-state index contributed by atoms with van der Waals surface area (Å²) in [5.74, 6) is 1.79. The Morgan fingerprint density at radius 1 is 1.15 bits per heavy atom. The number of nitrogens with zero attached hydrogens (tertiary/aromatic N) is 6. The number of aryl methyl sites for hydroxylation is 1. The molecule has 1 unspecified atom stereocenters. The monoisotopic (exact) mass is 349 g/mol. The Morgan fingerprint density at radius 2 is 2.12 bits per heavy atom. The van der Waals surface area contributed by atoms with E-state index in [0.717, 1.165) is 60.1 Å². The molecule has 7 heteroatoms. The van der Waals surface area contributed by atoms with Gasteiger partial charge in [-0.3, -0.25) is 10.1 Å². The third-order valence-electron chi connectivity index (χ3n) is 5.54. The van der Waals surface area contributed by atoms with Crippen molar-refractivity contribution in [1.82, 2.24) is 25.1 Å². The van der Waals surface area contributed by atoms with Gasteiger partial charge in [-0.2, -0.15) is 5.10 Å². The van der Waals surface area contributed by atoms with Gasteiger partial charge in [0.15, 0.2) is 17.0 Å². The molecule has 0 aliphatic carbocycles. The van der Waals surface area contributed by atoms with E-state index in [1.165, 1.54) is 19.3 Å². The topological polar surface area (TPSA) is 73.8 Å². The van der Waals surface area contributed by atoms with E-state index >= 15 is 0 Å². The summed E-state index contributed by atoms with van der Waals surface area (Å²) in [6, 6.07) is 4.60. The number of anilines is 3. The molecule has 1 atom stereocenters. The molecule has 134 valence electrons. The Labute approximate surface area is 152 Å². The molecule has 2 aliphatic heterocycles. The predicted molar refractivity (Wildman–Crippen MR) is 102 cm³/mol. The zero-order chi connectivity index (χ0) is 17.5. The van der Waals surface area contributed by atoms with Crippen LogP contribution in [0.2, 0.25) is 0 Å². The minimum Gasteiger partial charge on any atom is -0.353 e. The zero-order valence-corrected chi connectivity index (χ0v) is 15.0. The van der Waals surface area contributed by atoms with E-state index in [1.54, 1.807) is 0 Å². The van der Waals surface area contributed by atoms with Gasteiger partial charge in [-0.1, -0.05) is 0 Å². The van der Waals surface area contributed by atoms with E-state index in [2.05, 4.69) is 38.0 Å². The largest absolute Gasteiger partial charge is 0.353 e. The fourth-order valence-electron chi connectivity index (χ4n) is 4.16. The van der Waals surface area contributed by atoms with Crippen LogP contribution in [0, 0.1) is 0 Å². The maximum absolute atomic E-state index is 4.82. The number of aromatic amines is 1. The highest BCUT2D eigenvalue weighted by molar-refractivity contribution is 5.87. The predicted octanol–water partition coefficient (Wildman–Crippen LogP) is 3.21. The van der Waals surface area contributed by atoms with Gasteiger partial charge in [0.05, 0.1) is 17.6 Å². The summed E-state index contributed by atoms with van der Waals surface area (Å²) in [6.07, 6.45) is 9.56. The fourth-order valence-corrected chi connectivity index (χ4v) is 4.16. The lowest BCUT2D eigenvalue weighted by molar-refractivity contribution is 0.481. The first kappa shape index (κ1) is 15.5. The summed E-state index contributed by atoms with van der Waals surface area (Å²) in [6.45, 7) is 4.24. The van der Waals surface area contributed by atoms with Gasteiger partial charge in [0, 0.05) is 25.3 Å². The van der Waals surface area contributed by atoms with Crippen LogP contribution >= 0.6 is 0 Å². The highest BCUT2D eigenvalue weighted by atomic mass is 15.3. The van der Waals surface area contributed by atoms with E-state index in [4.69, 9.17) is 9.97 Å². The van der Waals surface area contributed by atoms with Crippen molar-refractivity contribution in [3.05, 3.63) is 30.2 Å². The van der Waals surface area contributed by atoms with Crippen LogP contribution in [0.25, 0.3) is 11.2 Å². The first-order chi connectivity index (χ1) is 12.8. The molecule has 0 amide bonds. The van der Waals surface area contributed by atoms with Crippen LogP contribution in [0.1, 0.15) is 38.3 Å². The van der Waals surface area contributed by atoms with Crippen LogP contribution in [0.3, 0.4) is 0 Å². The molecule has 3 aromatic heterocycles. The first-order valence-electron chi connectivity index (χ1n) is 9.50. The molecule has 0 aromatic carbocycles. The van der Waals surface area contributed by atoms with Gasteiger partial charge in [0.1, 0.15) is 5.82 Å². The summed E-state index contributed by atoms with van der Waals surface area (Å²) < 4.78 is 0. The van der Waals surface area contributed by atoms with Crippen molar-refractivity contribution in [2.24, 2.45) is 0 Å². The van der Waals surface area contributed by atoms with Crippen molar-refractivity contribution in [2.75, 3.05) is 22.9 Å². The second-order valence-corrected chi connectivity index (χ2v) is 7.24. The molecule has 0 spiro atoms. The number of hydrogen-bond acceptors (Lipinski definition) is 6. The van der Waals surface area contributed by atoms with Crippen LogP contribution in [0.4, 0.5) is 17.3 Å². The lowest BCUT2D eigenvalue weighted by atomic mass is 10.0. The molecule has 1 N–H and O–H groups in total. The van der Waals surface area contributed by atoms with E-state index in [1.807, 2.05) is 18.5 Å². The van der Waals surface area contributed by atoms with Gasteiger partial charge in [-0.25, -0.2) is 9.97 Å². The molecule has 26 heavy (non-hydrogen) atoms. The Hall–Kier alpha value is -2.70. The fraction of sp³-hybridized carbons (Fsp3) is 0.474. The molecular weight excluding hydrogens is 326 g/mol. The second-order valence-electron chi connectivity index (χ2n) is 7.24. The molecule has 0 bridgehead atoms. The maximum Gasteiger partial charge on any atom is 0.183 e. The number of hydrogen-bond donors (Lipinski definition) is 1. The SMILES string of the molecule is CC1CCCCN1c1cnc2c(N3CCCc4ncccc43)n[nH]c2n1. The molecule has 0 saturated carbocycles. The quantitative estimate of drug-likeness (QED) is 0.766. The van der Waals surface area contributed by atoms with Crippen molar-refractivity contribution in [3.8, 4) is 0 Å². The van der Waals surface area contributed by atoms with Gasteiger partial charge in [0.25, 0.3) is 0 Å². The van der Waals surface area contributed by atoms with Crippen LogP contribution in [0.5, 0.6) is 0 Å². The molecular formula is C19H23N7. The molecule has 5 rings (SSSR count). The number of rotatable bonds is 2. The molecule has 1 fully saturated rings. The Bertz CT molecular complexity index is 935. The van der Waals surface area contributed by atoms with Gasteiger partial charge < -0.3 is 9.80 Å². The van der Waals surface area contributed by atoms with Gasteiger partial charge in [-0.05, 0) is 51.2 Å². The zero-order valence-electron chi connectivity index (χ0n) is 15.0. The molecule has 5 heterocycles. The smallest absolute Gasteiger partial charge is 0.183 e. The summed E-state index contributed by atoms with van der Waals surface area (Å²) in [5, 5.41) is 7.65. The van der Waals surface area contributed by atoms with E-state index in [-0.39, 0.29) is 0 Å². The van der Waals surface area contributed by atoms with Gasteiger partial charge in [-0.15, -0.1) is 0 Å². The molecule has 3 aromatic rings. The summed E-state index contributed by atoms with van der Waals surface area (Å²) in [7, 11) is 0. The van der Waals surface area contributed by atoms with Crippen LogP contribution in [0.15, 0.2) is 24.5 Å². The molecule has 0 radical (unpaired) electrons. The average molecular weight is 349 g/mol. The summed E-state index contributed by atoms with van der Waals surface area (Å²) >= 11 is 0. The Balaban J connectivity index is 1.53. The van der Waals surface area contributed by atoms with Crippen molar-refractivity contribution >= 4 is 28.5 Å². The minimum atomic E-state index is 0.512. The first-order valence-corrected chi connectivity index (χ1v) is 9.50. The van der Waals surface area contributed by atoms with Crippen molar-refractivity contribution in [2.45, 2.75) is 45.1 Å². The number of fused-ring (bicyclic) bond motifs is 2.